The van der Waals surface area contributed by atoms with Crippen LogP contribution in [0.3, 0.4) is 0 Å². The predicted molar refractivity (Wildman–Crippen MR) is 101 cm³/mol. The molecule has 0 saturated carbocycles. The summed E-state index contributed by atoms with van der Waals surface area (Å²) in [6.07, 6.45) is 5.25. The second-order valence-electron chi connectivity index (χ2n) is 5.70. The monoisotopic (exact) mass is 337 g/mol. The Morgan fingerprint density at radius 1 is 1.12 bits per heavy atom. The Balaban J connectivity index is 2.03. The minimum atomic E-state index is -0.260. The zero-order valence-corrected chi connectivity index (χ0v) is 14.6. The summed E-state index contributed by atoms with van der Waals surface area (Å²) in [6.45, 7) is 4.27. The highest BCUT2D eigenvalue weighted by Gasteiger charge is 2.04. The molecule has 0 saturated heterocycles. The molecule has 0 heterocycles. The van der Waals surface area contributed by atoms with E-state index in [2.05, 4.69) is 12.2 Å². The lowest BCUT2D eigenvalue weighted by Gasteiger charge is -2.08. The maximum absolute atomic E-state index is 12.1. The molecule has 0 aromatic heterocycles. The summed E-state index contributed by atoms with van der Waals surface area (Å²) in [5.74, 6) is 0.465. The highest BCUT2D eigenvalue weighted by molar-refractivity contribution is 6.03. The molecule has 2 aromatic carbocycles. The number of benzene rings is 2. The number of carbonyl (C=O) groups excluding carboxylic acids is 2. The second kappa shape index (κ2) is 9.42. The van der Waals surface area contributed by atoms with Gasteiger partial charge in [0.25, 0.3) is 0 Å². The standard InChI is InChI=1S/C21H23NO3/c1-3-4-14-25-20-11-6-5-8-17(20)12-13-21(24)22-19-10-7-9-18(15-19)16(2)23/h5-13,15H,3-4,14H2,1-2H3,(H,22,24)/b13-12+. The summed E-state index contributed by atoms with van der Waals surface area (Å²) in [4.78, 5) is 23.5. The molecule has 2 rings (SSSR count). The Labute approximate surface area is 148 Å². The summed E-state index contributed by atoms with van der Waals surface area (Å²) in [5, 5.41) is 2.76. The average molecular weight is 337 g/mol. The molecule has 0 fully saturated rings. The normalized spacial score (nSPS) is 10.6. The van der Waals surface area contributed by atoms with Gasteiger partial charge in [-0.15, -0.1) is 0 Å². The lowest BCUT2D eigenvalue weighted by molar-refractivity contribution is -0.111. The number of hydrogen-bond acceptors (Lipinski definition) is 3. The molecule has 2 aromatic rings. The maximum atomic E-state index is 12.1. The Kier molecular flexibility index (Phi) is 6.96. The van der Waals surface area contributed by atoms with Crippen molar-refractivity contribution >= 4 is 23.5 Å². The third-order valence-corrected chi connectivity index (χ3v) is 3.63. The molecule has 0 radical (unpaired) electrons. The summed E-state index contributed by atoms with van der Waals surface area (Å²) in [5.41, 5.74) is 2.01. The van der Waals surface area contributed by atoms with Gasteiger partial charge in [0.15, 0.2) is 5.78 Å². The zero-order valence-electron chi connectivity index (χ0n) is 14.6. The van der Waals surface area contributed by atoms with Gasteiger partial charge >= 0.3 is 0 Å². The van der Waals surface area contributed by atoms with Crippen molar-refractivity contribution in [2.24, 2.45) is 0 Å². The van der Waals surface area contributed by atoms with E-state index in [4.69, 9.17) is 4.74 Å². The smallest absolute Gasteiger partial charge is 0.248 e. The van der Waals surface area contributed by atoms with Crippen molar-refractivity contribution in [2.75, 3.05) is 11.9 Å². The van der Waals surface area contributed by atoms with Gasteiger partial charge in [0.05, 0.1) is 6.61 Å². The number of rotatable bonds is 8. The lowest BCUT2D eigenvalue weighted by Crippen LogP contribution is -2.08. The molecule has 25 heavy (non-hydrogen) atoms. The Hall–Kier alpha value is -2.88. The summed E-state index contributed by atoms with van der Waals surface area (Å²) < 4.78 is 5.75. The molecule has 0 bridgehead atoms. The van der Waals surface area contributed by atoms with Crippen LogP contribution >= 0.6 is 0 Å². The molecule has 1 amide bonds. The van der Waals surface area contributed by atoms with Crippen molar-refractivity contribution in [1.82, 2.24) is 0 Å². The van der Waals surface area contributed by atoms with Crippen molar-refractivity contribution < 1.29 is 14.3 Å². The molecule has 0 unspecified atom stereocenters. The number of unbranched alkanes of at least 4 members (excludes halogenated alkanes) is 1. The van der Waals surface area contributed by atoms with Gasteiger partial charge in [-0.25, -0.2) is 0 Å². The van der Waals surface area contributed by atoms with Crippen LogP contribution in [0.4, 0.5) is 5.69 Å². The third-order valence-electron chi connectivity index (χ3n) is 3.63. The number of Topliss-reactive ketones (excluding diaryl/α,β-unsaturated/α-hetero) is 1. The van der Waals surface area contributed by atoms with E-state index in [1.807, 2.05) is 24.3 Å². The van der Waals surface area contributed by atoms with Crippen molar-refractivity contribution in [3.05, 3.63) is 65.7 Å². The number of anilines is 1. The van der Waals surface area contributed by atoms with E-state index in [0.29, 0.717) is 17.9 Å². The number of ketones is 1. The molecule has 4 nitrogen and oxygen atoms in total. The molecular formula is C21H23NO3. The van der Waals surface area contributed by atoms with Gasteiger partial charge in [0.1, 0.15) is 5.75 Å². The first-order chi connectivity index (χ1) is 12.1. The fraction of sp³-hybridized carbons (Fsp3) is 0.238. The van der Waals surface area contributed by atoms with E-state index in [1.54, 1.807) is 30.3 Å². The topological polar surface area (TPSA) is 55.4 Å². The van der Waals surface area contributed by atoms with Crippen LogP contribution in [0.5, 0.6) is 5.75 Å². The van der Waals surface area contributed by atoms with Gasteiger partial charge in [-0.3, -0.25) is 9.59 Å². The first-order valence-electron chi connectivity index (χ1n) is 8.42. The largest absolute Gasteiger partial charge is 0.493 e. The van der Waals surface area contributed by atoms with Crippen molar-refractivity contribution in [3.8, 4) is 5.75 Å². The number of ether oxygens (including phenoxy) is 1. The number of hydrogen-bond donors (Lipinski definition) is 1. The second-order valence-corrected chi connectivity index (χ2v) is 5.70. The fourth-order valence-electron chi connectivity index (χ4n) is 2.24. The van der Waals surface area contributed by atoms with Crippen LogP contribution in [0.2, 0.25) is 0 Å². The Morgan fingerprint density at radius 3 is 2.68 bits per heavy atom. The van der Waals surface area contributed by atoms with Gasteiger partial charge < -0.3 is 10.1 Å². The number of amides is 1. The van der Waals surface area contributed by atoms with Gasteiger partial charge in [-0.1, -0.05) is 43.7 Å². The summed E-state index contributed by atoms with van der Waals surface area (Å²) in [6, 6.07) is 14.5. The SMILES string of the molecule is CCCCOc1ccccc1/C=C/C(=O)Nc1cccc(C(C)=O)c1. The summed E-state index contributed by atoms with van der Waals surface area (Å²) in [7, 11) is 0. The van der Waals surface area contributed by atoms with Gasteiger partial charge in [0.2, 0.25) is 5.91 Å². The minimum absolute atomic E-state index is 0.0372. The molecule has 130 valence electrons. The first kappa shape index (κ1) is 18.5. The van der Waals surface area contributed by atoms with Gasteiger partial charge in [-0.2, -0.15) is 0 Å². The molecule has 0 aliphatic carbocycles. The van der Waals surface area contributed by atoms with Gasteiger partial charge in [-0.05, 0) is 37.6 Å². The average Bonchev–Trinajstić information content (AvgIpc) is 2.61. The van der Waals surface area contributed by atoms with Crippen molar-refractivity contribution in [1.29, 1.82) is 0 Å². The molecule has 4 heteroatoms. The summed E-state index contributed by atoms with van der Waals surface area (Å²) >= 11 is 0. The van der Waals surface area contributed by atoms with Gasteiger partial charge in [0, 0.05) is 22.9 Å². The molecule has 0 spiro atoms. The van der Waals surface area contributed by atoms with Crippen LogP contribution in [0.15, 0.2) is 54.6 Å². The van der Waals surface area contributed by atoms with E-state index in [-0.39, 0.29) is 11.7 Å². The number of carbonyl (C=O) groups is 2. The third kappa shape index (κ3) is 5.92. The van der Waals surface area contributed by atoms with Crippen LogP contribution in [-0.2, 0) is 4.79 Å². The van der Waals surface area contributed by atoms with E-state index < -0.39 is 0 Å². The van der Waals surface area contributed by atoms with Crippen molar-refractivity contribution in [2.45, 2.75) is 26.7 Å². The molecular weight excluding hydrogens is 314 g/mol. The molecule has 0 atom stereocenters. The van der Waals surface area contributed by atoms with E-state index >= 15 is 0 Å². The van der Waals surface area contributed by atoms with Crippen LogP contribution in [0.1, 0.15) is 42.6 Å². The highest BCUT2D eigenvalue weighted by Crippen LogP contribution is 2.20. The minimum Gasteiger partial charge on any atom is -0.493 e. The zero-order chi connectivity index (χ0) is 18.1. The van der Waals surface area contributed by atoms with E-state index in [9.17, 15) is 9.59 Å². The van der Waals surface area contributed by atoms with Crippen LogP contribution < -0.4 is 10.1 Å². The first-order valence-corrected chi connectivity index (χ1v) is 8.42. The predicted octanol–water partition coefficient (Wildman–Crippen LogP) is 4.72. The lowest BCUT2D eigenvalue weighted by atomic mass is 10.1. The Bertz CT molecular complexity index is 765. The maximum Gasteiger partial charge on any atom is 0.248 e. The number of nitrogens with one attached hydrogen (secondary N) is 1. The van der Waals surface area contributed by atoms with E-state index in [0.717, 1.165) is 24.2 Å². The Morgan fingerprint density at radius 2 is 1.92 bits per heavy atom. The van der Waals surface area contributed by atoms with Crippen LogP contribution in [0, 0.1) is 0 Å². The van der Waals surface area contributed by atoms with Crippen LogP contribution in [-0.4, -0.2) is 18.3 Å². The van der Waals surface area contributed by atoms with E-state index in [1.165, 1.54) is 13.0 Å². The van der Waals surface area contributed by atoms with Crippen LogP contribution in [0.25, 0.3) is 6.08 Å². The fourth-order valence-corrected chi connectivity index (χ4v) is 2.24. The molecule has 0 aliphatic rings. The highest BCUT2D eigenvalue weighted by atomic mass is 16.5. The van der Waals surface area contributed by atoms with Crippen molar-refractivity contribution in [3.63, 3.8) is 0 Å². The molecule has 1 N–H and O–H groups in total. The quantitative estimate of drug-likeness (QED) is 0.431. The molecule has 0 aliphatic heterocycles. The number of para-hydroxylation sites is 1.